The lowest BCUT2D eigenvalue weighted by Gasteiger charge is -2.21. The Bertz CT molecular complexity index is 1240. The van der Waals surface area contributed by atoms with E-state index in [1.54, 1.807) is 18.2 Å². The van der Waals surface area contributed by atoms with Gasteiger partial charge in [0.25, 0.3) is 5.69 Å². The molecule has 0 spiro atoms. The van der Waals surface area contributed by atoms with Gasteiger partial charge in [0.2, 0.25) is 15.8 Å². The minimum atomic E-state index is -3.40. The first-order valence-corrected chi connectivity index (χ1v) is 10.3. The summed E-state index contributed by atoms with van der Waals surface area (Å²) in [7, 11) is -3.40. The van der Waals surface area contributed by atoms with Crippen molar-refractivity contribution >= 4 is 38.2 Å². The van der Waals surface area contributed by atoms with Gasteiger partial charge in [0.15, 0.2) is 5.76 Å². The van der Waals surface area contributed by atoms with Gasteiger partial charge in [-0.1, -0.05) is 0 Å². The molecular formula is C19H16N2O6S. The molecular weight excluding hydrogens is 384 g/mol. The number of sulfonamides is 1. The maximum absolute atomic E-state index is 12.8. The first-order chi connectivity index (χ1) is 13.1. The molecule has 28 heavy (non-hydrogen) atoms. The summed E-state index contributed by atoms with van der Waals surface area (Å²) in [5.41, 5.74) is 2.02. The van der Waals surface area contributed by atoms with E-state index in [1.165, 1.54) is 28.6 Å². The van der Waals surface area contributed by atoms with Crippen molar-refractivity contribution in [3.8, 4) is 0 Å². The zero-order chi connectivity index (χ0) is 20.2. The second kappa shape index (κ2) is 6.16. The van der Waals surface area contributed by atoms with Crippen LogP contribution < -0.4 is 4.31 Å². The molecule has 0 fully saturated rings. The van der Waals surface area contributed by atoms with Gasteiger partial charge in [0.1, 0.15) is 5.58 Å². The molecule has 9 heteroatoms. The van der Waals surface area contributed by atoms with E-state index in [-0.39, 0.29) is 23.3 Å². The number of carbonyl (C=O) groups is 1. The number of rotatable bonds is 4. The fraction of sp³-hybridized carbons (Fsp3) is 0.211. The summed E-state index contributed by atoms with van der Waals surface area (Å²) in [4.78, 5) is 23.2. The number of hydrogen-bond donors (Lipinski definition) is 0. The van der Waals surface area contributed by atoms with Crippen LogP contribution in [0.1, 0.15) is 28.6 Å². The molecule has 8 nitrogen and oxygen atoms in total. The normalized spacial score (nSPS) is 16.4. The number of fused-ring (bicyclic) bond motifs is 2. The average Bonchev–Trinajstić information content (AvgIpc) is 3.18. The molecule has 0 saturated heterocycles. The first-order valence-electron chi connectivity index (χ1n) is 8.50. The van der Waals surface area contributed by atoms with Gasteiger partial charge in [-0.05, 0) is 49.2 Å². The quantitative estimate of drug-likeness (QED) is 0.377. The van der Waals surface area contributed by atoms with Crippen molar-refractivity contribution in [2.75, 3.05) is 10.6 Å². The Morgan fingerprint density at radius 1 is 1.21 bits per heavy atom. The summed E-state index contributed by atoms with van der Waals surface area (Å²) in [5.74, 6) is -0.298. The molecule has 1 atom stereocenters. The molecule has 4 rings (SSSR count). The Hall–Kier alpha value is -3.20. The van der Waals surface area contributed by atoms with E-state index < -0.39 is 14.9 Å². The number of nitro benzene ring substituents is 1. The Kier molecular flexibility index (Phi) is 4.00. The third kappa shape index (κ3) is 2.93. The van der Waals surface area contributed by atoms with Crippen LogP contribution in [0.5, 0.6) is 0 Å². The monoisotopic (exact) mass is 400 g/mol. The van der Waals surface area contributed by atoms with E-state index in [2.05, 4.69) is 0 Å². The standard InChI is InChI=1S/C19H16N2O6S/c1-11-7-13-8-12(3-5-16(13)20(11)28(2,25)26)19(22)18-10-14-9-15(21(23)24)4-6-17(14)27-18/h3-6,8-11H,7H2,1-2H3. The second-order valence-electron chi connectivity index (χ2n) is 6.87. The molecule has 0 saturated carbocycles. The number of furan rings is 1. The fourth-order valence-electron chi connectivity index (χ4n) is 3.65. The molecule has 0 aliphatic carbocycles. The molecule has 1 aromatic heterocycles. The van der Waals surface area contributed by atoms with Crippen LogP contribution in [0.15, 0.2) is 46.9 Å². The summed E-state index contributed by atoms with van der Waals surface area (Å²) >= 11 is 0. The zero-order valence-electron chi connectivity index (χ0n) is 15.1. The SMILES string of the molecule is CC1Cc2cc(C(=O)c3cc4cc([N+](=O)[O-])ccc4o3)ccc2N1S(C)(=O)=O. The van der Waals surface area contributed by atoms with Crippen LogP contribution in [-0.4, -0.2) is 31.4 Å². The summed E-state index contributed by atoms with van der Waals surface area (Å²) in [6.07, 6.45) is 1.67. The topological polar surface area (TPSA) is 111 Å². The smallest absolute Gasteiger partial charge is 0.270 e. The van der Waals surface area contributed by atoms with Gasteiger partial charge in [-0.3, -0.25) is 19.2 Å². The molecule has 2 aromatic carbocycles. The lowest BCUT2D eigenvalue weighted by atomic mass is 10.0. The van der Waals surface area contributed by atoms with Crippen LogP contribution in [0.2, 0.25) is 0 Å². The van der Waals surface area contributed by atoms with Gasteiger partial charge in [0.05, 0.1) is 16.9 Å². The Labute approximate surface area is 160 Å². The number of hydrogen-bond acceptors (Lipinski definition) is 6. The molecule has 0 N–H and O–H groups in total. The lowest BCUT2D eigenvalue weighted by molar-refractivity contribution is -0.384. The van der Waals surface area contributed by atoms with E-state index in [9.17, 15) is 23.3 Å². The van der Waals surface area contributed by atoms with E-state index in [0.717, 1.165) is 11.8 Å². The average molecular weight is 400 g/mol. The molecule has 0 bridgehead atoms. The number of nitrogens with zero attached hydrogens (tertiary/aromatic N) is 2. The van der Waals surface area contributed by atoms with Crippen LogP contribution >= 0.6 is 0 Å². The Balaban J connectivity index is 1.71. The minimum absolute atomic E-state index is 0.0708. The highest BCUT2D eigenvalue weighted by atomic mass is 32.2. The van der Waals surface area contributed by atoms with E-state index in [0.29, 0.717) is 28.6 Å². The third-order valence-electron chi connectivity index (χ3n) is 4.79. The van der Waals surface area contributed by atoms with E-state index in [4.69, 9.17) is 4.42 Å². The molecule has 2 heterocycles. The van der Waals surface area contributed by atoms with Gasteiger partial charge >= 0.3 is 0 Å². The summed E-state index contributed by atoms with van der Waals surface area (Å²) in [6, 6.07) is 10.2. The second-order valence-corrected chi connectivity index (χ2v) is 8.73. The van der Waals surface area contributed by atoms with Crippen LogP contribution in [0.3, 0.4) is 0 Å². The maximum atomic E-state index is 12.8. The number of nitro groups is 1. The van der Waals surface area contributed by atoms with Crippen molar-refractivity contribution < 1.29 is 22.6 Å². The highest BCUT2D eigenvalue weighted by Gasteiger charge is 2.33. The minimum Gasteiger partial charge on any atom is -0.453 e. The molecule has 144 valence electrons. The maximum Gasteiger partial charge on any atom is 0.270 e. The van der Waals surface area contributed by atoms with Crippen molar-refractivity contribution in [3.05, 3.63) is 69.5 Å². The lowest BCUT2D eigenvalue weighted by Crippen LogP contribution is -2.34. The third-order valence-corrected chi connectivity index (χ3v) is 6.06. The van der Waals surface area contributed by atoms with Crippen molar-refractivity contribution in [3.63, 3.8) is 0 Å². The van der Waals surface area contributed by atoms with Gasteiger partial charge in [-0.2, -0.15) is 0 Å². The molecule has 1 aliphatic heterocycles. The van der Waals surface area contributed by atoms with Crippen LogP contribution in [0, 0.1) is 10.1 Å². The van der Waals surface area contributed by atoms with Gasteiger partial charge in [0, 0.05) is 29.1 Å². The van der Waals surface area contributed by atoms with Crippen molar-refractivity contribution in [2.24, 2.45) is 0 Å². The number of anilines is 1. The molecule has 0 amide bonds. The molecule has 0 radical (unpaired) electrons. The van der Waals surface area contributed by atoms with E-state index in [1.807, 2.05) is 6.92 Å². The highest BCUT2D eigenvalue weighted by Crippen LogP contribution is 2.35. The summed E-state index contributed by atoms with van der Waals surface area (Å²) in [6.45, 7) is 1.81. The molecule has 3 aromatic rings. The Morgan fingerprint density at radius 2 is 1.96 bits per heavy atom. The van der Waals surface area contributed by atoms with Crippen molar-refractivity contribution in [1.29, 1.82) is 0 Å². The molecule has 1 unspecified atom stereocenters. The molecule has 1 aliphatic rings. The van der Waals surface area contributed by atoms with E-state index >= 15 is 0 Å². The Morgan fingerprint density at radius 3 is 2.64 bits per heavy atom. The van der Waals surface area contributed by atoms with Crippen LogP contribution in [-0.2, 0) is 16.4 Å². The predicted molar refractivity (Wildman–Crippen MR) is 103 cm³/mol. The van der Waals surface area contributed by atoms with Crippen LogP contribution in [0.25, 0.3) is 11.0 Å². The van der Waals surface area contributed by atoms with Crippen LogP contribution in [0.4, 0.5) is 11.4 Å². The zero-order valence-corrected chi connectivity index (χ0v) is 15.9. The first kappa shape index (κ1) is 18.2. The number of ketones is 1. The van der Waals surface area contributed by atoms with Gasteiger partial charge in [-0.15, -0.1) is 0 Å². The fourth-order valence-corrected chi connectivity index (χ4v) is 4.91. The summed E-state index contributed by atoms with van der Waals surface area (Å²) in [5, 5.41) is 11.4. The number of benzene rings is 2. The van der Waals surface area contributed by atoms with Gasteiger partial charge < -0.3 is 4.42 Å². The van der Waals surface area contributed by atoms with Crippen molar-refractivity contribution in [1.82, 2.24) is 0 Å². The van der Waals surface area contributed by atoms with Crippen molar-refractivity contribution in [2.45, 2.75) is 19.4 Å². The van der Waals surface area contributed by atoms with Gasteiger partial charge in [-0.25, -0.2) is 8.42 Å². The largest absolute Gasteiger partial charge is 0.453 e. The highest BCUT2D eigenvalue weighted by molar-refractivity contribution is 7.92. The predicted octanol–water partition coefficient (Wildman–Crippen LogP) is 3.28. The number of non-ortho nitro benzene ring substituents is 1. The number of carbonyl (C=O) groups excluding carboxylic acids is 1. The summed E-state index contributed by atoms with van der Waals surface area (Å²) < 4.78 is 31.0.